The van der Waals surface area contributed by atoms with E-state index in [0.29, 0.717) is 11.8 Å². The second-order valence-corrected chi connectivity index (χ2v) is 4.67. The van der Waals surface area contributed by atoms with Gasteiger partial charge in [-0.25, -0.2) is 4.98 Å². The summed E-state index contributed by atoms with van der Waals surface area (Å²) in [4.78, 5) is 8.06. The second-order valence-electron chi connectivity index (χ2n) is 4.67. The third kappa shape index (κ3) is 1.76. The Morgan fingerprint density at radius 3 is 2.40 bits per heavy atom. The van der Waals surface area contributed by atoms with E-state index in [1.165, 1.54) is 5.56 Å². The highest BCUT2D eigenvalue weighted by molar-refractivity contribution is 5.79. The zero-order valence-electron chi connectivity index (χ0n) is 9.83. The minimum absolute atomic E-state index is 0.456. The fraction of sp³-hybridized carbons (Fsp3) is 0.462. The Hall–Kier alpha value is -1.31. The van der Waals surface area contributed by atoms with E-state index in [1.807, 2.05) is 0 Å². The lowest BCUT2D eigenvalue weighted by molar-refractivity contribution is 0.797. The lowest BCUT2D eigenvalue weighted by atomic mass is 10.0. The van der Waals surface area contributed by atoms with Gasteiger partial charge in [0.1, 0.15) is 5.82 Å². The summed E-state index contributed by atoms with van der Waals surface area (Å²) in [5, 5.41) is 0. The molecule has 0 saturated carbocycles. The molecule has 0 radical (unpaired) electrons. The highest BCUT2D eigenvalue weighted by atomic mass is 14.9. The third-order valence-electron chi connectivity index (χ3n) is 2.73. The van der Waals surface area contributed by atoms with Crippen LogP contribution in [0.15, 0.2) is 18.2 Å². The van der Waals surface area contributed by atoms with Crippen LogP contribution >= 0.6 is 0 Å². The molecule has 0 atom stereocenters. The number of imidazole rings is 1. The minimum Gasteiger partial charge on any atom is -0.342 e. The van der Waals surface area contributed by atoms with Gasteiger partial charge in [-0.3, -0.25) is 0 Å². The predicted octanol–water partition coefficient (Wildman–Crippen LogP) is 3.81. The van der Waals surface area contributed by atoms with E-state index >= 15 is 0 Å². The van der Waals surface area contributed by atoms with Crippen molar-refractivity contribution in [3.63, 3.8) is 0 Å². The Bertz CT molecular complexity index is 466. The van der Waals surface area contributed by atoms with Crippen LogP contribution in [0.4, 0.5) is 0 Å². The topological polar surface area (TPSA) is 28.7 Å². The zero-order chi connectivity index (χ0) is 11.0. The van der Waals surface area contributed by atoms with Gasteiger partial charge in [0.2, 0.25) is 0 Å². The number of nitrogens with one attached hydrogen (secondary N) is 1. The Kier molecular flexibility index (Phi) is 2.51. The van der Waals surface area contributed by atoms with Crippen LogP contribution in [0.2, 0.25) is 0 Å². The summed E-state index contributed by atoms with van der Waals surface area (Å²) in [6, 6.07) is 6.36. The van der Waals surface area contributed by atoms with Crippen LogP contribution in [0, 0.1) is 0 Å². The van der Waals surface area contributed by atoms with Gasteiger partial charge in [-0.15, -0.1) is 0 Å². The molecule has 2 nitrogen and oxygen atoms in total. The van der Waals surface area contributed by atoms with Gasteiger partial charge >= 0.3 is 0 Å². The molecule has 1 N–H and O–H groups in total. The highest BCUT2D eigenvalue weighted by Gasteiger charge is 2.11. The number of aromatic nitrogens is 2. The van der Waals surface area contributed by atoms with E-state index in [9.17, 15) is 0 Å². The zero-order valence-corrected chi connectivity index (χ0v) is 9.83. The molecule has 2 rings (SSSR count). The Balaban J connectivity index is 2.64. The summed E-state index contributed by atoms with van der Waals surface area (Å²) in [6.07, 6.45) is 0. The van der Waals surface area contributed by atoms with Crippen LogP contribution in [0.5, 0.6) is 0 Å². The van der Waals surface area contributed by atoms with E-state index in [1.54, 1.807) is 0 Å². The molecule has 15 heavy (non-hydrogen) atoms. The average molecular weight is 202 g/mol. The second kappa shape index (κ2) is 3.69. The number of rotatable bonds is 2. The molecule has 0 bridgehead atoms. The van der Waals surface area contributed by atoms with Crippen molar-refractivity contribution in [2.24, 2.45) is 0 Å². The number of aromatic amines is 1. The van der Waals surface area contributed by atoms with Crippen LogP contribution in [0.25, 0.3) is 11.0 Å². The molecular weight excluding hydrogens is 184 g/mol. The molecule has 0 fully saturated rings. The van der Waals surface area contributed by atoms with Gasteiger partial charge in [0.15, 0.2) is 0 Å². The van der Waals surface area contributed by atoms with E-state index in [4.69, 9.17) is 0 Å². The quantitative estimate of drug-likeness (QED) is 0.788. The number of hydrogen-bond donors (Lipinski definition) is 1. The minimum atomic E-state index is 0.456. The number of nitrogens with zero attached hydrogens (tertiary/aromatic N) is 1. The molecule has 1 aromatic carbocycles. The fourth-order valence-electron chi connectivity index (χ4n) is 1.81. The van der Waals surface area contributed by atoms with E-state index < -0.39 is 0 Å². The lowest BCUT2D eigenvalue weighted by Crippen LogP contribution is -1.90. The normalized spacial score (nSPS) is 11.9. The van der Waals surface area contributed by atoms with Gasteiger partial charge in [-0.2, -0.15) is 0 Å². The molecule has 0 spiro atoms. The Morgan fingerprint density at radius 2 is 1.80 bits per heavy atom. The summed E-state index contributed by atoms with van der Waals surface area (Å²) < 4.78 is 0. The van der Waals surface area contributed by atoms with Gasteiger partial charge in [0, 0.05) is 5.92 Å². The molecular formula is C13H18N2. The van der Waals surface area contributed by atoms with Crippen LogP contribution in [-0.2, 0) is 0 Å². The lowest BCUT2D eigenvalue weighted by Gasteiger charge is -2.04. The van der Waals surface area contributed by atoms with Crippen molar-refractivity contribution in [2.45, 2.75) is 39.5 Å². The standard InChI is InChI=1S/C13H18N2/c1-8(2)10-6-5-7-11-12(10)15-13(14-11)9(3)4/h5-9H,1-4H3,(H,14,15). The summed E-state index contributed by atoms with van der Waals surface area (Å²) in [5.74, 6) is 2.06. The average Bonchev–Trinajstić information content (AvgIpc) is 2.60. The monoisotopic (exact) mass is 202 g/mol. The van der Waals surface area contributed by atoms with Crippen molar-refractivity contribution in [3.8, 4) is 0 Å². The number of benzene rings is 1. The summed E-state index contributed by atoms with van der Waals surface area (Å²) >= 11 is 0. The van der Waals surface area contributed by atoms with Crippen molar-refractivity contribution in [3.05, 3.63) is 29.6 Å². The Morgan fingerprint density at radius 1 is 1.07 bits per heavy atom. The largest absolute Gasteiger partial charge is 0.342 e. The van der Waals surface area contributed by atoms with Crippen LogP contribution in [0.3, 0.4) is 0 Å². The molecule has 0 unspecified atom stereocenters. The first kappa shape index (κ1) is 10.2. The number of H-pyrrole nitrogens is 1. The smallest absolute Gasteiger partial charge is 0.109 e. The Labute approximate surface area is 90.7 Å². The molecule has 0 saturated heterocycles. The molecule has 0 aliphatic carbocycles. The maximum Gasteiger partial charge on any atom is 0.109 e. The van der Waals surface area contributed by atoms with Crippen molar-refractivity contribution in [1.82, 2.24) is 9.97 Å². The maximum absolute atomic E-state index is 4.68. The van der Waals surface area contributed by atoms with Crippen molar-refractivity contribution in [1.29, 1.82) is 0 Å². The highest BCUT2D eigenvalue weighted by Crippen LogP contribution is 2.25. The fourth-order valence-corrected chi connectivity index (χ4v) is 1.81. The van der Waals surface area contributed by atoms with E-state index in [0.717, 1.165) is 16.9 Å². The molecule has 0 aliphatic heterocycles. The van der Waals surface area contributed by atoms with Crippen LogP contribution in [-0.4, -0.2) is 9.97 Å². The van der Waals surface area contributed by atoms with E-state index in [-0.39, 0.29) is 0 Å². The van der Waals surface area contributed by atoms with Crippen LogP contribution in [0.1, 0.15) is 50.9 Å². The molecule has 80 valence electrons. The number of para-hydroxylation sites is 1. The van der Waals surface area contributed by atoms with Crippen molar-refractivity contribution >= 4 is 11.0 Å². The number of fused-ring (bicyclic) bond motifs is 1. The van der Waals surface area contributed by atoms with Gasteiger partial charge in [0.25, 0.3) is 0 Å². The van der Waals surface area contributed by atoms with Crippen LogP contribution < -0.4 is 0 Å². The van der Waals surface area contributed by atoms with Crippen molar-refractivity contribution < 1.29 is 0 Å². The summed E-state index contributed by atoms with van der Waals surface area (Å²) in [6.45, 7) is 8.73. The SMILES string of the molecule is CC(C)c1nc2c(C(C)C)cccc2[nH]1. The van der Waals surface area contributed by atoms with Gasteiger partial charge in [0.05, 0.1) is 11.0 Å². The molecule has 2 heteroatoms. The van der Waals surface area contributed by atoms with Gasteiger partial charge < -0.3 is 4.98 Å². The maximum atomic E-state index is 4.68. The molecule has 0 aliphatic rings. The van der Waals surface area contributed by atoms with Gasteiger partial charge in [-0.1, -0.05) is 39.8 Å². The first-order valence-corrected chi connectivity index (χ1v) is 5.58. The summed E-state index contributed by atoms with van der Waals surface area (Å²) in [7, 11) is 0. The number of hydrogen-bond acceptors (Lipinski definition) is 1. The van der Waals surface area contributed by atoms with Gasteiger partial charge in [-0.05, 0) is 17.5 Å². The predicted molar refractivity (Wildman–Crippen MR) is 64.3 cm³/mol. The molecule has 1 aromatic heterocycles. The third-order valence-corrected chi connectivity index (χ3v) is 2.73. The first-order chi connectivity index (χ1) is 7.09. The molecule has 2 aromatic rings. The first-order valence-electron chi connectivity index (χ1n) is 5.58. The molecule has 0 amide bonds. The molecule has 1 heterocycles. The van der Waals surface area contributed by atoms with Crippen molar-refractivity contribution in [2.75, 3.05) is 0 Å². The van der Waals surface area contributed by atoms with E-state index in [2.05, 4.69) is 55.9 Å². The summed E-state index contributed by atoms with van der Waals surface area (Å²) in [5.41, 5.74) is 3.62.